The summed E-state index contributed by atoms with van der Waals surface area (Å²) in [6.45, 7) is 6.03. The van der Waals surface area contributed by atoms with Crippen LogP contribution in [0.3, 0.4) is 0 Å². The maximum absolute atomic E-state index is 11.7. The van der Waals surface area contributed by atoms with Gasteiger partial charge < -0.3 is 10.6 Å². The Bertz CT molecular complexity index is 402. The topological polar surface area (TPSA) is 66.6 Å². The van der Waals surface area contributed by atoms with Gasteiger partial charge in [-0.05, 0) is 45.9 Å². The number of likely N-dealkylation sites (tertiary alicyclic amines) is 1. The van der Waals surface area contributed by atoms with Crippen LogP contribution in [-0.4, -0.2) is 74.5 Å². The van der Waals surface area contributed by atoms with E-state index in [1.807, 2.05) is 0 Å². The number of hydrogen-bond acceptors (Lipinski definition) is 5. The fraction of sp³-hybridized carbons (Fsp3) is 1.00. The van der Waals surface area contributed by atoms with E-state index >= 15 is 0 Å². The van der Waals surface area contributed by atoms with Gasteiger partial charge in [0.2, 0.25) is 0 Å². The number of nitrogens with two attached hydrogens (primary N) is 1. The van der Waals surface area contributed by atoms with Crippen LogP contribution in [0.4, 0.5) is 0 Å². The summed E-state index contributed by atoms with van der Waals surface area (Å²) < 4.78 is 23.3. The molecule has 5 nitrogen and oxygen atoms in total. The summed E-state index contributed by atoms with van der Waals surface area (Å²) in [6.07, 6.45) is 2.85. The molecule has 2 N–H and O–H groups in total. The lowest BCUT2D eigenvalue weighted by molar-refractivity contribution is 0.0244. The van der Waals surface area contributed by atoms with Crippen LogP contribution < -0.4 is 5.73 Å². The highest BCUT2D eigenvalue weighted by Gasteiger charge is 2.42. The molecule has 2 rings (SSSR count). The Morgan fingerprint density at radius 1 is 1.37 bits per heavy atom. The van der Waals surface area contributed by atoms with Gasteiger partial charge in [-0.25, -0.2) is 8.42 Å². The van der Waals surface area contributed by atoms with Gasteiger partial charge in [-0.3, -0.25) is 4.90 Å². The van der Waals surface area contributed by atoms with Crippen molar-refractivity contribution in [3.05, 3.63) is 0 Å². The maximum Gasteiger partial charge on any atom is 0.151 e. The minimum Gasteiger partial charge on any atom is -0.329 e. The molecule has 0 amide bonds. The first-order valence-electron chi connectivity index (χ1n) is 7.28. The van der Waals surface area contributed by atoms with E-state index < -0.39 is 9.84 Å². The molecule has 2 saturated heterocycles. The highest BCUT2D eigenvalue weighted by molar-refractivity contribution is 7.91. The van der Waals surface area contributed by atoms with Gasteiger partial charge in [-0.2, -0.15) is 0 Å². The predicted molar refractivity (Wildman–Crippen MR) is 78.0 cm³/mol. The van der Waals surface area contributed by atoms with Crippen molar-refractivity contribution in [1.29, 1.82) is 0 Å². The van der Waals surface area contributed by atoms with E-state index in [0.29, 0.717) is 18.1 Å². The molecule has 2 aliphatic rings. The number of rotatable bonds is 4. The minimum absolute atomic E-state index is 0.00377. The lowest BCUT2D eigenvalue weighted by Crippen LogP contribution is -2.61. The molecule has 0 saturated carbocycles. The Balaban J connectivity index is 2.05. The molecular weight excluding hydrogens is 262 g/mol. The summed E-state index contributed by atoms with van der Waals surface area (Å²) in [5.74, 6) is 0.645. The average molecular weight is 289 g/mol. The first kappa shape index (κ1) is 15.2. The molecule has 19 heavy (non-hydrogen) atoms. The highest BCUT2D eigenvalue weighted by Crippen LogP contribution is 2.31. The number of piperidine rings is 1. The smallest absolute Gasteiger partial charge is 0.151 e. The first-order chi connectivity index (χ1) is 8.92. The van der Waals surface area contributed by atoms with Crippen molar-refractivity contribution >= 4 is 9.84 Å². The molecule has 0 aromatic rings. The first-order valence-corrected chi connectivity index (χ1v) is 9.10. The Kier molecular flexibility index (Phi) is 4.55. The zero-order valence-corrected chi connectivity index (χ0v) is 13.0. The molecular formula is C13H27N3O2S. The summed E-state index contributed by atoms with van der Waals surface area (Å²) in [6, 6.07) is 0.154. The second-order valence-corrected chi connectivity index (χ2v) is 8.26. The van der Waals surface area contributed by atoms with E-state index in [0.717, 1.165) is 38.9 Å². The Hall–Kier alpha value is -0.170. The molecule has 2 heterocycles. The summed E-state index contributed by atoms with van der Waals surface area (Å²) >= 11 is 0. The van der Waals surface area contributed by atoms with Gasteiger partial charge in [0, 0.05) is 18.1 Å². The number of sulfone groups is 1. The lowest BCUT2D eigenvalue weighted by atomic mass is 9.84. The van der Waals surface area contributed by atoms with Crippen molar-refractivity contribution in [3.8, 4) is 0 Å². The molecule has 0 radical (unpaired) electrons. The van der Waals surface area contributed by atoms with Gasteiger partial charge >= 0.3 is 0 Å². The molecule has 2 fully saturated rings. The molecule has 1 atom stereocenters. The Labute approximate surface area is 117 Å². The van der Waals surface area contributed by atoms with Crippen LogP contribution in [0.1, 0.15) is 26.2 Å². The zero-order chi connectivity index (χ0) is 14.1. The van der Waals surface area contributed by atoms with E-state index in [2.05, 4.69) is 23.8 Å². The van der Waals surface area contributed by atoms with Crippen LogP contribution in [0.5, 0.6) is 0 Å². The SMILES string of the molecule is CCN1CCC(CN)(N(C)C2CCS(=O)(=O)C2)CC1. The van der Waals surface area contributed by atoms with Crippen molar-refractivity contribution < 1.29 is 8.42 Å². The normalized spacial score (nSPS) is 30.8. The van der Waals surface area contributed by atoms with Crippen LogP contribution in [-0.2, 0) is 9.84 Å². The molecule has 0 spiro atoms. The second-order valence-electron chi connectivity index (χ2n) is 6.03. The zero-order valence-electron chi connectivity index (χ0n) is 12.1. The van der Waals surface area contributed by atoms with Gasteiger partial charge in [0.05, 0.1) is 11.5 Å². The minimum atomic E-state index is -2.82. The van der Waals surface area contributed by atoms with E-state index in [9.17, 15) is 8.42 Å². The number of hydrogen-bond donors (Lipinski definition) is 1. The summed E-state index contributed by atoms with van der Waals surface area (Å²) in [5, 5.41) is 0. The van der Waals surface area contributed by atoms with Crippen molar-refractivity contribution in [2.45, 2.75) is 37.8 Å². The summed E-state index contributed by atoms with van der Waals surface area (Å²) in [5.41, 5.74) is 6.05. The molecule has 6 heteroatoms. The van der Waals surface area contributed by atoms with Gasteiger partial charge in [0.1, 0.15) is 0 Å². The van der Waals surface area contributed by atoms with Gasteiger partial charge in [-0.1, -0.05) is 6.92 Å². The van der Waals surface area contributed by atoms with Crippen molar-refractivity contribution in [1.82, 2.24) is 9.80 Å². The fourth-order valence-electron chi connectivity index (χ4n) is 3.45. The van der Waals surface area contributed by atoms with Crippen LogP contribution in [0.2, 0.25) is 0 Å². The molecule has 0 bridgehead atoms. The van der Waals surface area contributed by atoms with Gasteiger partial charge in [0.25, 0.3) is 0 Å². The highest BCUT2D eigenvalue weighted by atomic mass is 32.2. The molecule has 0 aromatic carbocycles. The van der Waals surface area contributed by atoms with Crippen LogP contribution in [0.15, 0.2) is 0 Å². The number of nitrogens with zero attached hydrogens (tertiary/aromatic N) is 2. The molecule has 1 unspecified atom stereocenters. The fourth-order valence-corrected chi connectivity index (χ4v) is 5.23. The summed E-state index contributed by atoms with van der Waals surface area (Å²) in [4.78, 5) is 4.72. The molecule has 2 aliphatic heterocycles. The van der Waals surface area contributed by atoms with E-state index in [4.69, 9.17) is 5.73 Å². The van der Waals surface area contributed by atoms with Gasteiger partial charge in [0.15, 0.2) is 9.84 Å². The third-order valence-corrected chi connectivity index (χ3v) is 6.87. The van der Waals surface area contributed by atoms with E-state index in [-0.39, 0.29) is 11.6 Å². The van der Waals surface area contributed by atoms with Gasteiger partial charge in [-0.15, -0.1) is 0 Å². The largest absolute Gasteiger partial charge is 0.329 e. The third-order valence-electron chi connectivity index (χ3n) is 5.12. The van der Waals surface area contributed by atoms with Crippen LogP contribution >= 0.6 is 0 Å². The predicted octanol–water partition coefficient (Wildman–Crippen LogP) is -0.0815. The van der Waals surface area contributed by atoms with Crippen molar-refractivity contribution in [3.63, 3.8) is 0 Å². The second kappa shape index (κ2) is 5.68. The maximum atomic E-state index is 11.7. The van der Waals surface area contributed by atoms with Crippen LogP contribution in [0, 0.1) is 0 Å². The summed E-state index contributed by atoms with van der Waals surface area (Å²) in [7, 11) is -0.753. The Morgan fingerprint density at radius 2 is 2.00 bits per heavy atom. The average Bonchev–Trinajstić information content (AvgIpc) is 2.78. The Morgan fingerprint density at radius 3 is 2.42 bits per heavy atom. The van der Waals surface area contributed by atoms with Crippen LogP contribution in [0.25, 0.3) is 0 Å². The quantitative estimate of drug-likeness (QED) is 0.784. The third kappa shape index (κ3) is 3.12. The van der Waals surface area contributed by atoms with E-state index in [1.165, 1.54) is 0 Å². The standard InChI is InChI=1S/C13H27N3O2S/c1-3-16-7-5-13(11-14,6-8-16)15(2)12-4-9-19(17,18)10-12/h12H,3-11,14H2,1-2H3. The lowest BCUT2D eigenvalue weighted by Gasteiger charge is -2.49. The van der Waals surface area contributed by atoms with Crippen molar-refractivity contribution in [2.24, 2.45) is 5.73 Å². The monoisotopic (exact) mass is 289 g/mol. The van der Waals surface area contributed by atoms with Crippen molar-refractivity contribution in [2.75, 3.05) is 44.7 Å². The molecule has 0 aliphatic carbocycles. The molecule has 112 valence electrons. The molecule has 0 aromatic heterocycles. The number of likely N-dealkylation sites (N-methyl/N-ethyl adjacent to an activating group) is 1. The van der Waals surface area contributed by atoms with E-state index in [1.54, 1.807) is 0 Å².